The number of carbonyl (C=O) groups excluding carboxylic acids is 2. The van der Waals surface area contributed by atoms with E-state index in [1.807, 2.05) is 17.0 Å². The summed E-state index contributed by atoms with van der Waals surface area (Å²) >= 11 is 6.00. The first-order valence-corrected chi connectivity index (χ1v) is 12.0. The van der Waals surface area contributed by atoms with Crippen molar-refractivity contribution in [3.05, 3.63) is 52.5 Å². The van der Waals surface area contributed by atoms with E-state index in [0.717, 1.165) is 37.9 Å². The van der Waals surface area contributed by atoms with Crippen molar-refractivity contribution in [3.8, 4) is 17.2 Å². The van der Waals surface area contributed by atoms with Gasteiger partial charge in [0, 0.05) is 42.7 Å². The molecule has 2 amide bonds. The molecule has 0 N–H and O–H groups in total. The Hall–Kier alpha value is -2.93. The van der Waals surface area contributed by atoms with Crippen LogP contribution in [0.1, 0.15) is 41.1 Å². The first-order chi connectivity index (χ1) is 16.5. The third-order valence-corrected chi connectivity index (χ3v) is 7.05. The van der Waals surface area contributed by atoms with E-state index in [1.54, 1.807) is 50.5 Å². The number of amides is 2. The number of nitrogens with zero attached hydrogens (tertiary/aromatic N) is 2. The third-order valence-electron chi connectivity index (χ3n) is 6.80. The number of likely N-dealkylation sites (tertiary alicyclic amines) is 2. The number of rotatable bonds is 6. The molecule has 2 fully saturated rings. The van der Waals surface area contributed by atoms with Gasteiger partial charge in [0.15, 0.2) is 11.5 Å². The Kier molecular flexibility index (Phi) is 7.51. The van der Waals surface area contributed by atoms with Gasteiger partial charge >= 0.3 is 0 Å². The summed E-state index contributed by atoms with van der Waals surface area (Å²) in [6, 6.07) is 10.6. The average molecular weight is 487 g/mol. The lowest BCUT2D eigenvalue weighted by atomic mass is 9.87. The highest BCUT2D eigenvalue weighted by atomic mass is 35.5. The maximum atomic E-state index is 13.6. The van der Waals surface area contributed by atoms with E-state index < -0.39 is 0 Å². The standard InChI is InChI=1S/C26H31ClN2O5/c1-32-22-13-18(14-23(33-2)24(22)34-3)20-15-29(25(30)17-7-9-19(27)10-8-17)16-21(20)26(31)28-11-5-4-6-12-28/h7-10,13-14,20-21H,4-6,11-12,15-16H2,1-3H3/t20-,21+/m1/s1. The number of hydrogen-bond acceptors (Lipinski definition) is 5. The molecule has 2 saturated heterocycles. The molecule has 2 heterocycles. The third kappa shape index (κ3) is 4.80. The van der Waals surface area contributed by atoms with Gasteiger partial charge in [-0.3, -0.25) is 9.59 Å². The SMILES string of the molecule is COc1cc([C@H]2CN(C(=O)c3ccc(Cl)cc3)C[C@@H]2C(=O)N2CCCCC2)cc(OC)c1OC. The first-order valence-electron chi connectivity index (χ1n) is 11.6. The lowest BCUT2D eigenvalue weighted by Gasteiger charge is -2.31. The summed E-state index contributed by atoms with van der Waals surface area (Å²) in [6.07, 6.45) is 3.17. The molecule has 0 unspecified atom stereocenters. The second kappa shape index (κ2) is 10.6. The van der Waals surface area contributed by atoms with Crippen LogP contribution in [0, 0.1) is 5.92 Å². The maximum absolute atomic E-state index is 13.6. The van der Waals surface area contributed by atoms with Gasteiger partial charge in [-0.25, -0.2) is 0 Å². The van der Waals surface area contributed by atoms with Crippen molar-refractivity contribution in [2.24, 2.45) is 5.92 Å². The van der Waals surface area contributed by atoms with E-state index in [9.17, 15) is 9.59 Å². The summed E-state index contributed by atoms with van der Waals surface area (Å²) in [5.74, 6) is 1.01. The largest absolute Gasteiger partial charge is 0.493 e. The Labute approximate surface area is 205 Å². The molecule has 4 rings (SSSR count). The predicted molar refractivity (Wildman–Crippen MR) is 130 cm³/mol. The minimum atomic E-state index is -0.350. The molecule has 0 aliphatic carbocycles. The molecule has 2 atom stereocenters. The van der Waals surface area contributed by atoms with Crippen molar-refractivity contribution < 1.29 is 23.8 Å². The lowest BCUT2D eigenvalue weighted by Crippen LogP contribution is -2.42. The first kappa shape index (κ1) is 24.2. The number of ether oxygens (including phenoxy) is 3. The Morgan fingerprint density at radius 1 is 0.853 bits per heavy atom. The second-order valence-corrected chi connectivity index (χ2v) is 9.21. The molecule has 0 spiro atoms. The number of methoxy groups -OCH3 is 3. The number of benzene rings is 2. The molecule has 0 saturated carbocycles. The van der Waals surface area contributed by atoms with Gasteiger partial charge in [0.25, 0.3) is 5.91 Å². The topological polar surface area (TPSA) is 68.3 Å². The molecule has 0 aromatic heterocycles. The van der Waals surface area contributed by atoms with Crippen molar-refractivity contribution in [2.75, 3.05) is 47.5 Å². The molecule has 2 aromatic carbocycles. The van der Waals surface area contributed by atoms with Crippen molar-refractivity contribution in [2.45, 2.75) is 25.2 Å². The molecular weight excluding hydrogens is 456 g/mol. The van der Waals surface area contributed by atoms with Crippen LogP contribution < -0.4 is 14.2 Å². The van der Waals surface area contributed by atoms with Gasteiger partial charge in [-0.1, -0.05) is 11.6 Å². The van der Waals surface area contributed by atoms with Crippen molar-refractivity contribution in [3.63, 3.8) is 0 Å². The number of hydrogen-bond donors (Lipinski definition) is 0. The van der Waals surface area contributed by atoms with Gasteiger partial charge < -0.3 is 24.0 Å². The quantitative estimate of drug-likeness (QED) is 0.611. The zero-order chi connectivity index (χ0) is 24.2. The summed E-state index contributed by atoms with van der Waals surface area (Å²) in [4.78, 5) is 30.7. The Bertz CT molecular complexity index is 1010. The zero-order valence-electron chi connectivity index (χ0n) is 19.9. The normalized spacial score (nSPS) is 20.2. The zero-order valence-corrected chi connectivity index (χ0v) is 20.6. The summed E-state index contributed by atoms with van der Waals surface area (Å²) < 4.78 is 16.6. The summed E-state index contributed by atoms with van der Waals surface area (Å²) in [6.45, 7) is 2.31. The van der Waals surface area contributed by atoms with E-state index in [1.165, 1.54) is 0 Å². The fourth-order valence-corrected chi connectivity index (χ4v) is 5.12. The minimum absolute atomic E-state index is 0.102. The fraction of sp³-hybridized carbons (Fsp3) is 0.462. The molecule has 2 aliphatic rings. The van der Waals surface area contributed by atoms with Gasteiger partial charge in [0.2, 0.25) is 11.7 Å². The van der Waals surface area contributed by atoms with Crippen molar-refractivity contribution >= 4 is 23.4 Å². The van der Waals surface area contributed by atoms with Gasteiger partial charge in [0.05, 0.1) is 27.2 Å². The highest BCUT2D eigenvalue weighted by Gasteiger charge is 2.43. The van der Waals surface area contributed by atoms with Gasteiger partial charge in [-0.2, -0.15) is 0 Å². The minimum Gasteiger partial charge on any atom is -0.493 e. The van der Waals surface area contributed by atoms with Crippen molar-refractivity contribution in [1.29, 1.82) is 0 Å². The molecule has 34 heavy (non-hydrogen) atoms. The molecule has 2 aromatic rings. The lowest BCUT2D eigenvalue weighted by molar-refractivity contribution is -0.136. The maximum Gasteiger partial charge on any atom is 0.253 e. The molecule has 8 heteroatoms. The molecule has 182 valence electrons. The average Bonchev–Trinajstić information content (AvgIpc) is 3.33. The number of halogens is 1. The van der Waals surface area contributed by atoms with Crippen LogP contribution in [0.4, 0.5) is 0 Å². The van der Waals surface area contributed by atoms with Crippen LogP contribution in [0.5, 0.6) is 17.2 Å². The highest BCUT2D eigenvalue weighted by molar-refractivity contribution is 6.30. The van der Waals surface area contributed by atoms with Crippen LogP contribution in [0.15, 0.2) is 36.4 Å². The van der Waals surface area contributed by atoms with Crippen LogP contribution in [-0.2, 0) is 4.79 Å². The van der Waals surface area contributed by atoms with Crippen LogP contribution in [0.3, 0.4) is 0 Å². The summed E-state index contributed by atoms with van der Waals surface area (Å²) in [5, 5.41) is 0.575. The van der Waals surface area contributed by atoms with Gasteiger partial charge in [0.1, 0.15) is 0 Å². The highest BCUT2D eigenvalue weighted by Crippen LogP contribution is 2.44. The summed E-state index contributed by atoms with van der Waals surface area (Å²) in [7, 11) is 4.70. The van der Waals surface area contributed by atoms with Crippen LogP contribution >= 0.6 is 11.6 Å². The second-order valence-electron chi connectivity index (χ2n) is 8.77. The van der Waals surface area contributed by atoms with Crippen LogP contribution in [-0.4, -0.2) is 69.1 Å². The number of carbonyl (C=O) groups is 2. The predicted octanol–water partition coefficient (Wildman–Crippen LogP) is 4.23. The molecule has 0 radical (unpaired) electrons. The van der Waals surface area contributed by atoms with E-state index in [2.05, 4.69) is 0 Å². The smallest absolute Gasteiger partial charge is 0.253 e. The van der Waals surface area contributed by atoms with Crippen molar-refractivity contribution in [1.82, 2.24) is 9.80 Å². The fourth-order valence-electron chi connectivity index (χ4n) is 5.00. The monoisotopic (exact) mass is 486 g/mol. The Balaban J connectivity index is 1.69. The molecule has 0 bridgehead atoms. The number of piperidine rings is 1. The van der Waals surface area contributed by atoms with E-state index >= 15 is 0 Å². The summed E-state index contributed by atoms with van der Waals surface area (Å²) in [5.41, 5.74) is 1.44. The molecular formula is C26H31ClN2O5. The van der Waals surface area contributed by atoms with Crippen LogP contribution in [0.2, 0.25) is 5.02 Å². The van der Waals surface area contributed by atoms with E-state index in [-0.39, 0.29) is 23.7 Å². The Morgan fingerprint density at radius 2 is 1.47 bits per heavy atom. The van der Waals surface area contributed by atoms with Gasteiger partial charge in [-0.05, 0) is 61.2 Å². The Morgan fingerprint density at radius 3 is 2.03 bits per heavy atom. The van der Waals surface area contributed by atoms with Gasteiger partial charge in [-0.15, -0.1) is 0 Å². The molecule has 2 aliphatic heterocycles. The van der Waals surface area contributed by atoms with E-state index in [4.69, 9.17) is 25.8 Å². The van der Waals surface area contributed by atoms with Crippen LogP contribution in [0.25, 0.3) is 0 Å². The molecule has 7 nitrogen and oxygen atoms in total. The van der Waals surface area contributed by atoms with E-state index in [0.29, 0.717) is 40.9 Å².